The Morgan fingerprint density at radius 1 is 1.12 bits per heavy atom. The first-order valence-electron chi connectivity index (χ1n) is 8.43. The molecule has 0 spiro atoms. The van der Waals surface area contributed by atoms with E-state index in [0.29, 0.717) is 28.7 Å². The minimum atomic E-state index is -0.824. The third-order valence-corrected chi connectivity index (χ3v) is 5.17. The van der Waals surface area contributed by atoms with Crippen LogP contribution in [0.15, 0.2) is 42.5 Å². The Morgan fingerprint density at radius 3 is 2.58 bits per heavy atom. The molecule has 6 heteroatoms. The largest absolute Gasteiger partial charge is 0.452 e. The molecule has 0 bridgehead atoms. The second kappa shape index (κ2) is 8.11. The van der Waals surface area contributed by atoms with Crippen LogP contribution in [0, 0.1) is 0 Å². The molecular weight excluding hydrogens is 373 g/mol. The maximum atomic E-state index is 12.6. The Labute approximate surface area is 162 Å². The average molecular weight is 392 g/mol. The van der Waals surface area contributed by atoms with Gasteiger partial charge in [-0.3, -0.25) is 9.59 Å². The fraction of sp³-hybridized carbons (Fsp3) is 0.300. The van der Waals surface area contributed by atoms with Gasteiger partial charge in [-0.15, -0.1) is 0 Å². The zero-order chi connectivity index (χ0) is 18.7. The van der Waals surface area contributed by atoms with Gasteiger partial charge in [0.2, 0.25) is 0 Å². The third-order valence-electron chi connectivity index (χ3n) is 4.43. The molecule has 136 valence electrons. The van der Waals surface area contributed by atoms with Crippen molar-refractivity contribution in [3.05, 3.63) is 69.2 Å². The quantitative estimate of drug-likeness (QED) is 0.738. The second-order valence-electron chi connectivity index (χ2n) is 6.34. The summed E-state index contributed by atoms with van der Waals surface area (Å²) in [5.41, 5.74) is 3.10. The number of rotatable bonds is 4. The molecule has 0 unspecified atom stereocenters. The summed E-state index contributed by atoms with van der Waals surface area (Å²) in [6.07, 6.45) is 0.0268. The van der Waals surface area contributed by atoms with Crippen molar-refractivity contribution >= 4 is 35.1 Å². The molecular formula is C20H19Cl2NO3. The number of benzene rings is 2. The van der Waals surface area contributed by atoms with Crippen LogP contribution in [-0.2, 0) is 33.7 Å². The highest BCUT2D eigenvalue weighted by molar-refractivity contribution is 6.42. The average Bonchev–Trinajstić information content (AvgIpc) is 2.63. The second-order valence-corrected chi connectivity index (χ2v) is 7.15. The summed E-state index contributed by atoms with van der Waals surface area (Å²) in [5, 5.41) is 0.811. The number of esters is 1. The van der Waals surface area contributed by atoms with E-state index in [1.54, 1.807) is 30.0 Å². The van der Waals surface area contributed by atoms with E-state index < -0.39 is 12.1 Å². The number of halogens is 2. The van der Waals surface area contributed by atoms with E-state index in [1.165, 1.54) is 5.56 Å². The van der Waals surface area contributed by atoms with Crippen molar-refractivity contribution in [2.24, 2.45) is 0 Å². The van der Waals surface area contributed by atoms with Gasteiger partial charge in [0.15, 0.2) is 6.10 Å². The van der Waals surface area contributed by atoms with E-state index in [4.69, 9.17) is 27.9 Å². The SMILES string of the molecule is C[C@@H](OC(=O)Cc1ccc(Cl)c(Cl)c1)C(=O)N1CCc2ccccc2C1. The lowest BCUT2D eigenvalue weighted by Gasteiger charge is -2.30. The first-order valence-corrected chi connectivity index (χ1v) is 9.18. The number of ether oxygens (including phenoxy) is 1. The van der Waals surface area contributed by atoms with Crippen LogP contribution < -0.4 is 0 Å². The van der Waals surface area contributed by atoms with Crippen LogP contribution in [0.1, 0.15) is 23.6 Å². The molecule has 1 atom stereocenters. The summed E-state index contributed by atoms with van der Waals surface area (Å²) in [4.78, 5) is 26.5. The lowest BCUT2D eigenvalue weighted by atomic mass is 9.99. The van der Waals surface area contributed by atoms with E-state index >= 15 is 0 Å². The van der Waals surface area contributed by atoms with Gasteiger partial charge < -0.3 is 9.64 Å². The zero-order valence-corrected chi connectivity index (χ0v) is 15.9. The van der Waals surface area contributed by atoms with Crippen molar-refractivity contribution in [1.82, 2.24) is 4.90 Å². The van der Waals surface area contributed by atoms with E-state index in [0.717, 1.165) is 12.0 Å². The van der Waals surface area contributed by atoms with Crippen LogP contribution in [0.3, 0.4) is 0 Å². The summed E-state index contributed by atoms with van der Waals surface area (Å²) in [5.74, 6) is -0.649. The number of hydrogen-bond acceptors (Lipinski definition) is 3. The molecule has 0 saturated carbocycles. The van der Waals surface area contributed by atoms with Crippen LogP contribution in [0.25, 0.3) is 0 Å². The monoisotopic (exact) mass is 391 g/mol. The van der Waals surface area contributed by atoms with Crippen LogP contribution >= 0.6 is 23.2 Å². The topological polar surface area (TPSA) is 46.6 Å². The third kappa shape index (κ3) is 4.37. The lowest BCUT2D eigenvalue weighted by molar-refractivity contribution is -0.159. The van der Waals surface area contributed by atoms with E-state index in [9.17, 15) is 9.59 Å². The number of nitrogens with zero attached hydrogens (tertiary/aromatic N) is 1. The fourth-order valence-electron chi connectivity index (χ4n) is 3.05. The highest BCUT2D eigenvalue weighted by Crippen LogP contribution is 2.23. The highest BCUT2D eigenvalue weighted by Gasteiger charge is 2.26. The van der Waals surface area contributed by atoms with Gasteiger partial charge in [0, 0.05) is 13.1 Å². The summed E-state index contributed by atoms with van der Waals surface area (Å²) < 4.78 is 5.32. The molecule has 26 heavy (non-hydrogen) atoms. The van der Waals surface area contributed by atoms with Crippen molar-refractivity contribution in [2.45, 2.75) is 32.4 Å². The number of carbonyl (C=O) groups excluding carboxylic acids is 2. The molecule has 0 N–H and O–H groups in total. The molecule has 1 amide bonds. The maximum Gasteiger partial charge on any atom is 0.311 e. The minimum Gasteiger partial charge on any atom is -0.452 e. The van der Waals surface area contributed by atoms with Gasteiger partial charge in [0.25, 0.3) is 5.91 Å². The zero-order valence-electron chi connectivity index (χ0n) is 14.4. The molecule has 0 saturated heterocycles. The van der Waals surface area contributed by atoms with Gasteiger partial charge in [0.05, 0.1) is 16.5 Å². The normalized spacial score (nSPS) is 14.5. The molecule has 0 fully saturated rings. The van der Waals surface area contributed by atoms with Crippen molar-refractivity contribution in [3.8, 4) is 0 Å². The Bertz CT molecular complexity index is 838. The molecule has 2 aromatic carbocycles. The Balaban J connectivity index is 1.57. The molecule has 0 radical (unpaired) electrons. The first-order chi connectivity index (χ1) is 12.4. The summed E-state index contributed by atoms with van der Waals surface area (Å²) in [6.45, 7) is 2.78. The molecule has 1 heterocycles. The minimum absolute atomic E-state index is 0.0390. The molecule has 1 aliphatic rings. The Morgan fingerprint density at radius 2 is 1.85 bits per heavy atom. The molecule has 0 aromatic heterocycles. The van der Waals surface area contributed by atoms with Crippen LogP contribution in [0.4, 0.5) is 0 Å². The van der Waals surface area contributed by atoms with E-state index in [1.807, 2.05) is 18.2 Å². The van der Waals surface area contributed by atoms with Gasteiger partial charge in [-0.2, -0.15) is 0 Å². The Kier molecular flexibility index (Phi) is 5.84. The molecule has 1 aliphatic heterocycles. The Hall–Kier alpha value is -2.04. The summed E-state index contributed by atoms with van der Waals surface area (Å²) in [7, 11) is 0. The number of amides is 1. The van der Waals surface area contributed by atoms with Gasteiger partial charge in [-0.25, -0.2) is 0 Å². The fourth-order valence-corrected chi connectivity index (χ4v) is 3.37. The smallest absolute Gasteiger partial charge is 0.311 e. The molecule has 0 aliphatic carbocycles. The number of hydrogen-bond donors (Lipinski definition) is 0. The van der Waals surface area contributed by atoms with Gasteiger partial charge in [-0.05, 0) is 42.2 Å². The van der Waals surface area contributed by atoms with Crippen LogP contribution in [-0.4, -0.2) is 29.4 Å². The van der Waals surface area contributed by atoms with Gasteiger partial charge >= 0.3 is 5.97 Å². The van der Waals surface area contributed by atoms with Crippen LogP contribution in [0.2, 0.25) is 10.0 Å². The number of carbonyl (C=O) groups is 2. The predicted molar refractivity (Wildman–Crippen MR) is 101 cm³/mol. The van der Waals surface area contributed by atoms with E-state index in [-0.39, 0.29) is 12.3 Å². The van der Waals surface area contributed by atoms with Gasteiger partial charge in [0.1, 0.15) is 0 Å². The molecule has 2 aromatic rings. The number of fused-ring (bicyclic) bond motifs is 1. The van der Waals surface area contributed by atoms with Crippen LogP contribution in [0.5, 0.6) is 0 Å². The summed E-state index contributed by atoms with van der Waals surface area (Å²) >= 11 is 11.8. The van der Waals surface area contributed by atoms with Crippen molar-refractivity contribution < 1.29 is 14.3 Å². The predicted octanol–water partition coefficient (Wildman–Crippen LogP) is 4.05. The standard InChI is InChI=1S/C20H19Cl2NO3/c1-13(26-19(24)11-14-6-7-17(21)18(22)10-14)20(25)23-9-8-15-4-2-3-5-16(15)12-23/h2-7,10,13H,8-9,11-12H2,1H3/t13-/m1/s1. The van der Waals surface area contributed by atoms with Gasteiger partial charge in [-0.1, -0.05) is 53.5 Å². The maximum absolute atomic E-state index is 12.6. The van der Waals surface area contributed by atoms with Crippen molar-refractivity contribution in [3.63, 3.8) is 0 Å². The lowest BCUT2D eigenvalue weighted by Crippen LogP contribution is -2.42. The van der Waals surface area contributed by atoms with Crippen molar-refractivity contribution in [2.75, 3.05) is 6.54 Å². The highest BCUT2D eigenvalue weighted by atomic mass is 35.5. The van der Waals surface area contributed by atoms with E-state index in [2.05, 4.69) is 6.07 Å². The first kappa shape index (κ1) is 18.7. The summed E-state index contributed by atoms with van der Waals surface area (Å²) in [6, 6.07) is 13.0. The molecule has 3 rings (SSSR count). The van der Waals surface area contributed by atoms with Crippen molar-refractivity contribution in [1.29, 1.82) is 0 Å². The molecule has 4 nitrogen and oxygen atoms in total.